The first-order valence-corrected chi connectivity index (χ1v) is 5.11. The molecule has 0 radical (unpaired) electrons. The van der Waals surface area contributed by atoms with Gasteiger partial charge in [-0.2, -0.15) is 0 Å². The van der Waals surface area contributed by atoms with E-state index in [9.17, 15) is 4.79 Å². The maximum absolute atomic E-state index is 11.2. The van der Waals surface area contributed by atoms with E-state index in [0.29, 0.717) is 11.9 Å². The van der Waals surface area contributed by atoms with Gasteiger partial charge in [0.25, 0.3) is 0 Å². The van der Waals surface area contributed by atoms with Crippen LogP contribution >= 0.6 is 0 Å². The molecule has 70 valence electrons. The van der Waals surface area contributed by atoms with Gasteiger partial charge in [-0.15, -0.1) is 0 Å². The van der Waals surface area contributed by atoms with Crippen LogP contribution in [0.2, 0.25) is 0 Å². The Balaban J connectivity index is 2.10. The van der Waals surface area contributed by atoms with Gasteiger partial charge < -0.3 is 4.90 Å². The molecule has 1 rings (SSSR count). The molecule has 0 saturated carbocycles. The van der Waals surface area contributed by atoms with Crippen LogP contribution in [0.25, 0.3) is 0 Å². The van der Waals surface area contributed by atoms with Crippen LogP contribution in [0.3, 0.4) is 0 Å². The average molecular weight is 169 g/mol. The number of rotatable bonds is 6. The van der Waals surface area contributed by atoms with Gasteiger partial charge in [0.2, 0.25) is 5.91 Å². The zero-order valence-corrected chi connectivity index (χ0v) is 8.18. The number of hydrogen-bond acceptors (Lipinski definition) is 1. The van der Waals surface area contributed by atoms with Crippen molar-refractivity contribution in [3.05, 3.63) is 0 Å². The van der Waals surface area contributed by atoms with E-state index in [-0.39, 0.29) is 0 Å². The van der Waals surface area contributed by atoms with Gasteiger partial charge in [-0.3, -0.25) is 4.79 Å². The van der Waals surface area contributed by atoms with E-state index in [1.165, 1.54) is 19.3 Å². The Morgan fingerprint density at radius 2 is 1.92 bits per heavy atom. The van der Waals surface area contributed by atoms with Crippen molar-refractivity contribution in [2.45, 2.75) is 52.0 Å². The van der Waals surface area contributed by atoms with E-state index < -0.39 is 0 Å². The highest BCUT2D eigenvalue weighted by Crippen LogP contribution is 2.25. The van der Waals surface area contributed by atoms with E-state index in [0.717, 1.165) is 19.4 Å². The predicted molar refractivity (Wildman–Crippen MR) is 49.9 cm³/mol. The molecule has 0 bridgehead atoms. The number of unbranched alkanes of at least 4 members (excludes halogenated alkanes) is 2. The van der Waals surface area contributed by atoms with Gasteiger partial charge in [-0.1, -0.05) is 33.1 Å². The summed E-state index contributed by atoms with van der Waals surface area (Å²) in [6.45, 7) is 5.32. The summed E-state index contributed by atoms with van der Waals surface area (Å²) in [5.41, 5.74) is 0. The first-order valence-electron chi connectivity index (χ1n) is 5.11. The van der Waals surface area contributed by atoms with Crippen LogP contribution in [0.15, 0.2) is 0 Å². The van der Waals surface area contributed by atoms with Crippen LogP contribution in [-0.4, -0.2) is 23.4 Å². The maximum Gasteiger partial charge on any atom is 0.246 e. The van der Waals surface area contributed by atoms with E-state index in [1.54, 1.807) is 0 Å². The second-order valence-corrected chi connectivity index (χ2v) is 3.54. The van der Waals surface area contributed by atoms with E-state index in [4.69, 9.17) is 0 Å². The van der Waals surface area contributed by atoms with Crippen molar-refractivity contribution < 1.29 is 4.79 Å². The number of carbonyl (C=O) groups excluding carboxylic acids is 1. The van der Waals surface area contributed by atoms with E-state index in [1.807, 2.05) is 4.90 Å². The minimum absolute atomic E-state index is 0.302. The lowest BCUT2D eigenvalue weighted by atomic mass is 10.2. The fourth-order valence-corrected chi connectivity index (χ4v) is 1.53. The van der Waals surface area contributed by atoms with Crippen LogP contribution in [-0.2, 0) is 4.79 Å². The van der Waals surface area contributed by atoms with Gasteiger partial charge in [0.05, 0.1) is 0 Å². The molecule has 1 aliphatic heterocycles. The SMILES string of the molecule is CCCCC1C(=O)N1CCCC. The molecule has 2 nitrogen and oxygen atoms in total. The lowest BCUT2D eigenvalue weighted by Gasteiger charge is -1.99. The Hall–Kier alpha value is -0.530. The lowest BCUT2D eigenvalue weighted by Crippen LogP contribution is -2.03. The molecule has 1 fully saturated rings. The van der Waals surface area contributed by atoms with Gasteiger partial charge in [0, 0.05) is 6.54 Å². The van der Waals surface area contributed by atoms with Crippen LogP contribution in [0.1, 0.15) is 46.0 Å². The molecule has 12 heavy (non-hydrogen) atoms. The van der Waals surface area contributed by atoms with Crippen LogP contribution < -0.4 is 0 Å². The Morgan fingerprint density at radius 1 is 1.25 bits per heavy atom. The second-order valence-electron chi connectivity index (χ2n) is 3.54. The summed E-state index contributed by atoms with van der Waals surface area (Å²) in [6.07, 6.45) is 5.82. The third kappa shape index (κ3) is 2.23. The molecule has 2 heteroatoms. The van der Waals surface area contributed by atoms with Crippen LogP contribution in [0.4, 0.5) is 0 Å². The largest absolute Gasteiger partial charge is 0.329 e. The molecule has 0 N–H and O–H groups in total. The van der Waals surface area contributed by atoms with Crippen molar-refractivity contribution in [2.24, 2.45) is 0 Å². The zero-order chi connectivity index (χ0) is 8.97. The van der Waals surface area contributed by atoms with Crippen molar-refractivity contribution in [1.82, 2.24) is 4.90 Å². The minimum atomic E-state index is 0.302. The highest BCUT2D eigenvalue weighted by molar-refractivity contribution is 5.96. The van der Waals surface area contributed by atoms with E-state index >= 15 is 0 Å². The molecule has 0 aromatic carbocycles. The molecular formula is C10H19NO. The number of hydrogen-bond donors (Lipinski definition) is 0. The summed E-state index contributed by atoms with van der Waals surface area (Å²) < 4.78 is 0. The number of carbonyl (C=O) groups is 1. The first-order chi connectivity index (χ1) is 5.81. The molecule has 1 heterocycles. The van der Waals surface area contributed by atoms with Crippen molar-refractivity contribution in [3.8, 4) is 0 Å². The Kier molecular flexibility index (Phi) is 3.57. The third-order valence-corrected chi connectivity index (χ3v) is 2.46. The fraction of sp³-hybridized carbons (Fsp3) is 0.900. The summed E-state index contributed by atoms with van der Waals surface area (Å²) in [5.74, 6) is 0.386. The van der Waals surface area contributed by atoms with Gasteiger partial charge in [-0.05, 0) is 12.8 Å². The van der Waals surface area contributed by atoms with Gasteiger partial charge in [0.15, 0.2) is 0 Å². The third-order valence-electron chi connectivity index (χ3n) is 2.46. The fourth-order valence-electron chi connectivity index (χ4n) is 1.53. The molecule has 0 aromatic rings. The monoisotopic (exact) mass is 169 g/mol. The highest BCUT2D eigenvalue weighted by Gasteiger charge is 2.43. The van der Waals surface area contributed by atoms with E-state index in [2.05, 4.69) is 13.8 Å². The highest BCUT2D eigenvalue weighted by atomic mass is 16.2. The van der Waals surface area contributed by atoms with Gasteiger partial charge >= 0.3 is 0 Å². The molecule has 1 atom stereocenters. The molecule has 0 aromatic heterocycles. The molecule has 1 unspecified atom stereocenters. The molecule has 0 spiro atoms. The number of nitrogens with zero attached hydrogens (tertiary/aromatic N) is 1. The summed E-state index contributed by atoms with van der Waals surface area (Å²) in [6, 6.07) is 0.302. The smallest absolute Gasteiger partial charge is 0.246 e. The summed E-state index contributed by atoms with van der Waals surface area (Å²) in [5, 5.41) is 0. The van der Waals surface area contributed by atoms with Crippen molar-refractivity contribution in [1.29, 1.82) is 0 Å². The van der Waals surface area contributed by atoms with Crippen molar-refractivity contribution >= 4 is 5.91 Å². The predicted octanol–water partition coefficient (Wildman–Crippen LogP) is 2.19. The first kappa shape index (κ1) is 9.56. The molecule has 0 aliphatic carbocycles. The zero-order valence-electron chi connectivity index (χ0n) is 8.18. The lowest BCUT2D eigenvalue weighted by molar-refractivity contribution is -0.113. The van der Waals surface area contributed by atoms with Crippen LogP contribution in [0.5, 0.6) is 0 Å². The van der Waals surface area contributed by atoms with Crippen LogP contribution in [0, 0.1) is 0 Å². The average Bonchev–Trinajstić information content (AvgIpc) is 2.69. The molecule has 1 saturated heterocycles. The maximum atomic E-state index is 11.2. The standard InChI is InChI=1S/C10H19NO/c1-3-5-7-9-10(12)11(9)8-6-4-2/h9H,3-8H2,1-2H3. The van der Waals surface area contributed by atoms with Crippen molar-refractivity contribution in [2.75, 3.05) is 6.54 Å². The Bertz CT molecular complexity index is 140. The van der Waals surface area contributed by atoms with Gasteiger partial charge in [-0.25, -0.2) is 0 Å². The Morgan fingerprint density at radius 3 is 2.50 bits per heavy atom. The van der Waals surface area contributed by atoms with Crippen molar-refractivity contribution in [3.63, 3.8) is 0 Å². The molecule has 1 aliphatic rings. The Labute approximate surface area is 74.9 Å². The molecular weight excluding hydrogens is 150 g/mol. The minimum Gasteiger partial charge on any atom is -0.329 e. The normalized spacial score (nSPS) is 21.7. The topological polar surface area (TPSA) is 20.1 Å². The van der Waals surface area contributed by atoms with Gasteiger partial charge in [0.1, 0.15) is 6.04 Å². The molecule has 1 amide bonds. The summed E-state index contributed by atoms with van der Waals surface area (Å²) in [4.78, 5) is 13.2. The second kappa shape index (κ2) is 4.48. The summed E-state index contributed by atoms with van der Waals surface area (Å²) >= 11 is 0. The number of amides is 1. The summed E-state index contributed by atoms with van der Waals surface area (Å²) in [7, 11) is 0. The quantitative estimate of drug-likeness (QED) is 0.558.